The van der Waals surface area contributed by atoms with Crippen LogP contribution in [0.5, 0.6) is 0 Å². The van der Waals surface area contributed by atoms with Gasteiger partial charge in [-0.05, 0) is 64.3 Å². The number of nitrogens with one attached hydrogen (secondary N) is 2. The number of ether oxygens (including phenoxy) is 1. The molecule has 0 bridgehead atoms. The Kier molecular flexibility index (Phi) is 9.01. The summed E-state index contributed by atoms with van der Waals surface area (Å²) in [6.45, 7) is 14.5. The lowest BCUT2D eigenvalue weighted by Gasteiger charge is -2.32. The lowest BCUT2D eigenvalue weighted by molar-refractivity contribution is -0.137. The van der Waals surface area contributed by atoms with Crippen molar-refractivity contribution in [2.45, 2.75) is 53.2 Å². The minimum absolute atomic E-state index is 0.119. The van der Waals surface area contributed by atoms with Gasteiger partial charge in [0.15, 0.2) is 0 Å². The Morgan fingerprint density at radius 1 is 1.06 bits per heavy atom. The zero-order valence-corrected chi connectivity index (χ0v) is 20.9. The summed E-state index contributed by atoms with van der Waals surface area (Å²) in [5.41, 5.74) is 3.43. The fourth-order valence-electron chi connectivity index (χ4n) is 3.47. The first-order chi connectivity index (χ1) is 15.9. The average Bonchev–Trinajstić information content (AvgIpc) is 2.74. The normalized spacial score (nSPS) is 11.8. The van der Waals surface area contributed by atoms with E-state index in [0.717, 1.165) is 16.7 Å². The Morgan fingerprint density at radius 2 is 1.74 bits per heavy atom. The molecule has 0 saturated heterocycles. The van der Waals surface area contributed by atoms with Gasteiger partial charge >= 0.3 is 6.09 Å². The Balaban J connectivity index is 2.40. The van der Waals surface area contributed by atoms with Crippen LogP contribution in [0.1, 0.15) is 49.1 Å². The van der Waals surface area contributed by atoms with Gasteiger partial charge in [0.2, 0.25) is 5.91 Å². The third-order valence-corrected chi connectivity index (χ3v) is 5.12. The van der Waals surface area contributed by atoms with Crippen LogP contribution in [0.2, 0.25) is 0 Å². The van der Waals surface area contributed by atoms with Gasteiger partial charge in [-0.25, -0.2) is 4.79 Å². The van der Waals surface area contributed by atoms with E-state index in [2.05, 4.69) is 17.2 Å². The van der Waals surface area contributed by atoms with Crippen LogP contribution in [0.3, 0.4) is 0 Å². The van der Waals surface area contributed by atoms with Gasteiger partial charge in [-0.3, -0.25) is 9.59 Å². The van der Waals surface area contributed by atoms with Crippen molar-refractivity contribution in [2.75, 3.05) is 18.4 Å². The number of benzene rings is 2. The van der Waals surface area contributed by atoms with Crippen LogP contribution >= 0.6 is 0 Å². The molecule has 1 atom stereocenters. The van der Waals surface area contributed by atoms with Crippen molar-refractivity contribution >= 4 is 23.6 Å². The van der Waals surface area contributed by atoms with Gasteiger partial charge in [-0.1, -0.05) is 48.0 Å². The molecule has 2 aromatic carbocycles. The molecule has 2 N–H and O–H groups in total. The number of carbonyl (C=O) groups excluding carboxylic acids is 3. The monoisotopic (exact) mass is 465 g/mol. The summed E-state index contributed by atoms with van der Waals surface area (Å²) in [5, 5.41) is 5.46. The summed E-state index contributed by atoms with van der Waals surface area (Å²) in [6, 6.07) is 12.3. The van der Waals surface area contributed by atoms with E-state index in [1.165, 1.54) is 4.90 Å². The molecule has 0 aliphatic heterocycles. The molecule has 0 radical (unpaired) electrons. The highest BCUT2D eigenvalue weighted by Gasteiger charge is 2.32. The highest BCUT2D eigenvalue weighted by Crippen LogP contribution is 2.28. The standard InChI is InChI=1S/C27H35N3O4/c1-8-15-30(23(31)17-28-26(33)34-27(5,6)7)24(21-16-18(2)13-14-19(21)3)25(32)29-22-12-10-9-11-20(22)4/h8-14,16,24H,1,15,17H2,2-7H3,(H,28,33)(H,29,32). The lowest BCUT2D eigenvalue weighted by Crippen LogP contribution is -2.46. The Morgan fingerprint density at radius 3 is 2.35 bits per heavy atom. The van der Waals surface area contributed by atoms with Gasteiger partial charge in [-0.15, -0.1) is 6.58 Å². The molecule has 0 spiro atoms. The number of para-hydroxylation sites is 1. The maximum atomic E-state index is 13.6. The van der Waals surface area contributed by atoms with E-state index < -0.39 is 23.6 Å². The van der Waals surface area contributed by atoms with Gasteiger partial charge in [0.05, 0.1) is 0 Å². The predicted molar refractivity (Wildman–Crippen MR) is 135 cm³/mol. The van der Waals surface area contributed by atoms with E-state index in [1.807, 2.05) is 63.2 Å². The van der Waals surface area contributed by atoms with E-state index in [1.54, 1.807) is 26.8 Å². The summed E-state index contributed by atoms with van der Waals surface area (Å²) in [7, 11) is 0. The van der Waals surface area contributed by atoms with Gasteiger partial charge in [0, 0.05) is 12.2 Å². The molecule has 182 valence electrons. The number of rotatable bonds is 8. The van der Waals surface area contributed by atoms with Crippen LogP contribution in [0, 0.1) is 20.8 Å². The average molecular weight is 466 g/mol. The van der Waals surface area contributed by atoms with Crippen molar-refractivity contribution in [3.05, 3.63) is 77.4 Å². The smallest absolute Gasteiger partial charge is 0.408 e. The third-order valence-electron chi connectivity index (χ3n) is 5.12. The van der Waals surface area contributed by atoms with Gasteiger partial charge in [-0.2, -0.15) is 0 Å². The van der Waals surface area contributed by atoms with Gasteiger partial charge in [0.25, 0.3) is 5.91 Å². The minimum atomic E-state index is -0.926. The molecule has 7 nitrogen and oxygen atoms in total. The van der Waals surface area contributed by atoms with Crippen LogP contribution in [-0.4, -0.2) is 41.5 Å². The maximum absolute atomic E-state index is 13.6. The zero-order chi connectivity index (χ0) is 25.5. The first kappa shape index (κ1) is 26.6. The van der Waals surface area contributed by atoms with Crippen LogP contribution < -0.4 is 10.6 Å². The van der Waals surface area contributed by atoms with Crippen molar-refractivity contribution < 1.29 is 19.1 Å². The molecule has 0 fully saturated rings. The number of hydrogen-bond acceptors (Lipinski definition) is 4. The molecular formula is C27H35N3O4. The number of carbonyl (C=O) groups is 3. The molecule has 0 aromatic heterocycles. The summed E-state index contributed by atoms with van der Waals surface area (Å²) in [5.74, 6) is -0.785. The lowest BCUT2D eigenvalue weighted by atomic mass is 9.96. The molecule has 1 unspecified atom stereocenters. The summed E-state index contributed by atoms with van der Waals surface area (Å²) in [6.07, 6.45) is 0.858. The number of anilines is 1. The Bertz CT molecular complexity index is 1060. The van der Waals surface area contributed by atoms with Crippen molar-refractivity contribution in [1.82, 2.24) is 10.2 Å². The first-order valence-corrected chi connectivity index (χ1v) is 11.2. The van der Waals surface area contributed by atoms with Crippen LogP contribution in [0.4, 0.5) is 10.5 Å². The summed E-state index contributed by atoms with van der Waals surface area (Å²) < 4.78 is 5.23. The molecule has 0 aliphatic carbocycles. The Labute approximate surface area is 202 Å². The van der Waals surface area contributed by atoms with Gasteiger partial charge in [0.1, 0.15) is 18.2 Å². The number of amides is 3. The predicted octanol–water partition coefficient (Wildman–Crippen LogP) is 4.83. The topological polar surface area (TPSA) is 87.7 Å². The fourth-order valence-corrected chi connectivity index (χ4v) is 3.47. The highest BCUT2D eigenvalue weighted by atomic mass is 16.6. The van der Waals surface area contributed by atoms with Crippen molar-refractivity contribution in [2.24, 2.45) is 0 Å². The molecule has 0 saturated carbocycles. The molecule has 34 heavy (non-hydrogen) atoms. The summed E-state index contributed by atoms with van der Waals surface area (Å²) in [4.78, 5) is 40.4. The molecule has 7 heteroatoms. The molecule has 0 heterocycles. The summed E-state index contributed by atoms with van der Waals surface area (Å²) >= 11 is 0. The van der Waals surface area contributed by atoms with Crippen molar-refractivity contribution in [1.29, 1.82) is 0 Å². The van der Waals surface area contributed by atoms with Crippen molar-refractivity contribution in [3.8, 4) is 0 Å². The number of hydrogen-bond donors (Lipinski definition) is 2. The van der Waals surface area contributed by atoms with E-state index >= 15 is 0 Å². The van der Waals surface area contributed by atoms with Crippen LogP contribution in [0.15, 0.2) is 55.1 Å². The number of alkyl carbamates (subject to hydrolysis) is 1. The first-order valence-electron chi connectivity index (χ1n) is 11.2. The quantitative estimate of drug-likeness (QED) is 0.547. The fraction of sp³-hybridized carbons (Fsp3) is 0.370. The number of aryl methyl sites for hydroxylation is 3. The third kappa shape index (κ3) is 7.47. The largest absolute Gasteiger partial charge is 0.444 e. The van der Waals surface area contributed by atoms with E-state index in [9.17, 15) is 14.4 Å². The second-order valence-corrected chi connectivity index (χ2v) is 9.26. The molecule has 0 aliphatic rings. The van der Waals surface area contributed by atoms with E-state index in [0.29, 0.717) is 11.3 Å². The Hall–Kier alpha value is -3.61. The van der Waals surface area contributed by atoms with E-state index in [-0.39, 0.29) is 19.0 Å². The molecular weight excluding hydrogens is 430 g/mol. The van der Waals surface area contributed by atoms with Crippen LogP contribution in [-0.2, 0) is 14.3 Å². The molecule has 2 rings (SSSR count). The van der Waals surface area contributed by atoms with E-state index in [4.69, 9.17) is 4.74 Å². The number of nitrogens with zero attached hydrogens (tertiary/aromatic N) is 1. The maximum Gasteiger partial charge on any atom is 0.408 e. The molecule has 2 aromatic rings. The van der Waals surface area contributed by atoms with Crippen molar-refractivity contribution in [3.63, 3.8) is 0 Å². The molecule has 3 amide bonds. The second-order valence-electron chi connectivity index (χ2n) is 9.26. The van der Waals surface area contributed by atoms with Gasteiger partial charge < -0.3 is 20.3 Å². The SMILES string of the molecule is C=CCN(C(=O)CNC(=O)OC(C)(C)C)C(C(=O)Nc1ccccc1C)c1cc(C)ccc1C. The highest BCUT2D eigenvalue weighted by molar-refractivity contribution is 5.99. The minimum Gasteiger partial charge on any atom is -0.444 e. The second kappa shape index (κ2) is 11.5. The zero-order valence-electron chi connectivity index (χ0n) is 20.9. The van der Waals surface area contributed by atoms with Crippen LogP contribution in [0.25, 0.3) is 0 Å².